The van der Waals surface area contributed by atoms with E-state index in [1.807, 2.05) is 18.2 Å². The molecule has 1 heterocycles. The molecule has 0 spiro atoms. The number of nitrogens with zero attached hydrogens (tertiary/aromatic N) is 1. The van der Waals surface area contributed by atoms with Crippen LogP contribution in [-0.2, 0) is 11.4 Å². The zero-order valence-electron chi connectivity index (χ0n) is 11.9. The highest BCUT2D eigenvalue weighted by molar-refractivity contribution is 6.32. The molecule has 5 nitrogen and oxygen atoms in total. The van der Waals surface area contributed by atoms with Gasteiger partial charge in [-0.15, -0.1) is 0 Å². The summed E-state index contributed by atoms with van der Waals surface area (Å²) in [5.74, 6) is -0.665. The molecule has 22 heavy (non-hydrogen) atoms. The fraction of sp³-hybridized carbons (Fsp3) is 0.250. The molecule has 6 heteroatoms. The molecular weight excluding hydrogens is 304 g/mol. The maximum absolute atomic E-state index is 10.9. The number of rotatable bonds is 7. The monoisotopic (exact) mass is 320 g/mol. The van der Waals surface area contributed by atoms with Crippen LogP contribution in [0.25, 0.3) is 0 Å². The van der Waals surface area contributed by atoms with E-state index in [1.165, 1.54) is 0 Å². The Morgan fingerprint density at radius 1 is 1.36 bits per heavy atom. The largest absolute Gasteiger partial charge is 0.486 e. The number of carboxylic acid groups (broad SMARTS) is 1. The minimum Gasteiger partial charge on any atom is -0.486 e. The van der Waals surface area contributed by atoms with Crippen molar-refractivity contribution in [2.75, 3.05) is 6.54 Å². The van der Waals surface area contributed by atoms with Crippen molar-refractivity contribution in [2.24, 2.45) is 5.73 Å². The van der Waals surface area contributed by atoms with Crippen LogP contribution < -0.4 is 10.5 Å². The third-order valence-electron chi connectivity index (χ3n) is 3.23. The fourth-order valence-corrected chi connectivity index (χ4v) is 2.24. The number of ether oxygens (including phenoxy) is 1. The van der Waals surface area contributed by atoms with E-state index in [0.717, 1.165) is 11.3 Å². The van der Waals surface area contributed by atoms with Crippen molar-refractivity contribution in [3.8, 4) is 5.75 Å². The lowest BCUT2D eigenvalue weighted by atomic mass is 9.96. The second kappa shape index (κ2) is 7.77. The van der Waals surface area contributed by atoms with Crippen LogP contribution >= 0.6 is 11.6 Å². The Bertz CT molecular complexity index is 635. The molecule has 0 aliphatic heterocycles. The lowest BCUT2D eigenvalue weighted by Crippen LogP contribution is -2.16. The number of carbonyl (C=O) groups is 1. The van der Waals surface area contributed by atoms with Crippen molar-refractivity contribution in [3.63, 3.8) is 0 Å². The topological polar surface area (TPSA) is 85.4 Å². The Morgan fingerprint density at radius 2 is 2.18 bits per heavy atom. The van der Waals surface area contributed by atoms with Gasteiger partial charge in [0.25, 0.3) is 0 Å². The Balaban J connectivity index is 2.14. The fourth-order valence-electron chi connectivity index (χ4n) is 2.07. The van der Waals surface area contributed by atoms with Gasteiger partial charge in [0, 0.05) is 12.1 Å². The molecular formula is C16H17ClN2O3. The number of aromatic nitrogens is 1. The third kappa shape index (κ3) is 4.44. The van der Waals surface area contributed by atoms with Crippen LogP contribution in [0, 0.1) is 0 Å². The van der Waals surface area contributed by atoms with Crippen LogP contribution in [0.5, 0.6) is 5.75 Å². The summed E-state index contributed by atoms with van der Waals surface area (Å²) in [6, 6.07) is 10.8. The number of aliphatic carboxylic acids is 1. The highest BCUT2D eigenvalue weighted by Crippen LogP contribution is 2.30. The van der Waals surface area contributed by atoms with Gasteiger partial charge in [0.05, 0.1) is 17.1 Å². The first-order valence-corrected chi connectivity index (χ1v) is 7.22. The molecule has 0 aliphatic rings. The van der Waals surface area contributed by atoms with Crippen molar-refractivity contribution in [2.45, 2.75) is 18.9 Å². The average Bonchev–Trinajstić information content (AvgIpc) is 2.53. The minimum atomic E-state index is -0.888. The minimum absolute atomic E-state index is 0.0299. The number of halogens is 1. The predicted octanol–water partition coefficient (Wildman–Crippen LogP) is 2.83. The summed E-state index contributed by atoms with van der Waals surface area (Å²) in [6.07, 6.45) is 1.66. The first-order chi connectivity index (χ1) is 10.6. The molecule has 0 radical (unpaired) electrons. The summed E-state index contributed by atoms with van der Waals surface area (Å²) >= 11 is 6.12. The Morgan fingerprint density at radius 3 is 2.82 bits per heavy atom. The number of hydrogen-bond donors (Lipinski definition) is 2. The number of nitrogens with two attached hydrogens (primary N) is 1. The molecule has 0 saturated heterocycles. The molecule has 1 aromatic carbocycles. The van der Waals surface area contributed by atoms with Gasteiger partial charge in [-0.3, -0.25) is 9.78 Å². The highest BCUT2D eigenvalue weighted by atomic mass is 35.5. The van der Waals surface area contributed by atoms with E-state index in [-0.39, 0.29) is 25.5 Å². The molecule has 2 aromatic rings. The molecule has 0 amide bonds. The second-order valence-corrected chi connectivity index (χ2v) is 5.24. The van der Waals surface area contributed by atoms with E-state index in [4.69, 9.17) is 27.2 Å². The summed E-state index contributed by atoms with van der Waals surface area (Å²) in [7, 11) is 0. The van der Waals surface area contributed by atoms with Crippen LogP contribution in [0.3, 0.4) is 0 Å². The van der Waals surface area contributed by atoms with E-state index in [9.17, 15) is 4.79 Å². The van der Waals surface area contributed by atoms with Crippen molar-refractivity contribution in [1.29, 1.82) is 0 Å². The smallest absolute Gasteiger partial charge is 0.304 e. The van der Waals surface area contributed by atoms with Gasteiger partial charge < -0.3 is 15.6 Å². The summed E-state index contributed by atoms with van der Waals surface area (Å²) in [5.41, 5.74) is 7.24. The Kier molecular flexibility index (Phi) is 5.75. The number of carboxylic acids is 1. The third-order valence-corrected chi connectivity index (χ3v) is 3.55. The second-order valence-electron chi connectivity index (χ2n) is 4.83. The first kappa shape index (κ1) is 16.3. The molecule has 0 aliphatic carbocycles. The van der Waals surface area contributed by atoms with E-state index >= 15 is 0 Å². The SMILES string of the molecule is NC[C@H](CC(=O)O)c1ccc(Cl)c(OCc2ccccn2)c1. The number of benzene rings is 1. The summed E-state index contributed by atoms with van der Waals surface area (Å²) < 4.78 is 5.68. The van der Waals surface area contributed by atoms with Crippen LogP contribution in [0.15, 0.2) is 42.6 Å². The van der Waals surface area contributed by atoms with Crippen molar-refractivity contribution in [3.05, 3.63) is 58.9 Å². The van der Waals surface area contributed by atoms with Crippen LogP contribution in [-0.4, -0.2) is 22.6 Å². The van der Waals surface area contributed by atoms with E-state index < -0.39 is 5.97 Å². The van der Waals surface area contributed by atoms with Crippen LogP contribution in [0.4, 0.5) is 0 Å². The molecule has 2 rings (SSSR count). The van der Waals surface area contributed by atoms with Crippen LogP contribution in [0.1, 0.15) is 23.6 Å². The molecule has 1 atom stereocenters. The zero-order chi connectivity index (χ0) is 15.9. The average molecular weight is 321 g/mol. The van der Waals surface area contributed by atoms with Gasteiger partial charge in [0.2, 0.25) is 0 Å². The Labute approximate surface area is 133 Å². The van der Waals surface area contributed by atoms with Gasteiger partial charge in [-0.25, -0.2) is 0 Å². The molecule has 0 fully saturated rings. The van der Waals surface area contributed by atoms with Crippen molar-refractivity contribution >= 4 is 17.6 Å². The van der Waals surface area contributed by atoms with Gasteiger partial charge in [-0.05, 0) is 36.4 Å². The standard InChI is InChI=1S/C16H17ClN2O3/c17-14-5-4-11(12(9-18)8-16(20)21)7-15(14)22-10-13-3-1-2-6-19-13/h1-7,12H,8-10,18H2,(H,20,21)/t12-/m0/s1. The number of pyridine rings is 1. The van der Waals surface area contributed by atoms with Gasteiger partial charge in [0.1, 0.15) is 12.4 Å². The Hall–Kier alpha value is -2.11. The molecule has 0 bridgehead atoms. The summed E-state index contributed by atoms with van der Waals surface area (Å²) in [6.45, 7) is 0.532. The summed E-state index contributed by atoms with van der Waals surface area (Å²) in [5, 5.41) is 9.39. The van der Waals surface area contributed by atoms with Gasteiger partial charge in [-0.2, -0.15) is 0 Å². The maximum atomic E-state index is 10.9. The van der Waals surface area contributed by atoms with Crippen LogP contribution in [0.2, 0.25) is 5.02 Å². The summed E-state index contributed by atoms with van der Waals surface area (Å²) in [4.78, 5) is 15.1. The molecule has 116 valence electrons. The van der Waals surface area contributed by atoms with E-state index in [1.54, 1.807) is 24.4 Å². The molecule has 1 aromatic heterocycles. The highest BCUT2D eigenvalue weighted by Gasteiger charge is 2.16. The molecule has 0 saturated carbocycles. The van der Waals surface area contributed by atoms with E-state index in [2.05, 4.69) is 4.98 Å². The maximum Gasteiger partial charge on any atom is 0.304 e. The lowest BCUT2D eigenvalue weighted by molar-refractivity contribution is -0.137. The quantitative estimate of drug-likeness (QED) is 0.819. The lowest BCUT2D eigenvalue weighted by Gasteiger charge is -2.15. The zero-order valence-corrected chi connectivity index (χ0v) is 12.7. The van der Waals surface area contributed by atoms with Gasteiger partial charge in [0.15, 0.2) is 0 Å². The van der Waals surface area contributed by atoms with E-state index in [0.29, 0.717) is 10.8 Å². The van der Waals surface area contributed by atoms with Crippen molar-refractivity contribution < 1.29 is 14.6 Å². The normalized spacial score (nSPS) is 11.9. The first-order valence-electron chi connectivity index (χ1n) is 6.84. The molecule has 3 N–H and O–H groups in total. The number of hydrogen-bond acceptors (Lipinski definition) is 4. The van der Waals surface area contributed by atoms with Gasteiger partial charge >= 0.3 is 5.97 Å². The van der Waals surface area contributed by atoms with Gasteiger partial charge in [-0.1, -0.05) is 23.7 Å². The predicted molar refractivity (Wildman–Crippen MR) is 84.1 cm³/mol. The van der Waals surface area contributed by atoms with Crippen molar-refractivity contribution in [1.82, 2.24) is 4.98 Å². The molecule has 0 unspecified atom stereocenters.